The molecule has 4 nitrogen and oxygen atoms in total. The first-order valence-electron chi connectivity index (χ1n) is 7.83. The second-order valence-electron chi connectivity index (χ2n) is 5.67. The van der Waals surface area contributed by atoms with Gasteiger partial charge < -0.3 is 14.8 Å². The van der Waals surface area contributed by atoms with Gasteiger partial charge in [-0.05, 0) is 37.0 Å². The van der Waals surface area contributed by atoms with Crippen molar-refractivity contribution in [2.24, 2.45) is 5.92 Å². The van der Waals surface area contributed by atoms with Crippen molar-refractivity contribution in [3.05, 3.63) is 22.2 Å². The van der Waals surface area contributed by atoms with Crippen LogP contribution in [-0.4, -0.2) is 26.7 Å². The van der Waals surface area contributed by atoms with E-state index in [1.807, 2.05) is 12.1 Å². The zero-order valence-corrected chi connectivity index (χ0v) is 14.9. The molecular formula is C17H24BrNO3. The van der Waals surface area contributed by atoms with E-state index < -0.39 is 0 Å². The van der Waals surface area contributed by atoms with Crippen molar-refractivity contribution in [3.63, 3.8) is 0 Å². The van der Waals surface area contributed by atoms with Crippen molar-refractivity contribution in [1.29, 1.82) is 0 Å². The van der Waals surface area contributed by atoms with Gasteiger partial charge in [-0.1, -0.05) is 35.2 Å². The Kier molecular flexibility index (Phi) is 6.55. The molecular weight excluding hydrogens is 346 g/mol. The molecule has 0 unspecified atom stereocenters. The summed E-state index contributed by atoms with van der Waals surface area (Å²) < 4.78 is 11.6. The topological polar surface area (TPSA) is 47.6 Å². The van der Waals surface area contributed by atoms with Gasteiger partial charge in [-0.3, -0.25) is 4.79 Å². The summed E-state index contributed by atoms with van der Waals surface area (Å²) in [7, 11) is 3.24. The molecule has 1 fully saturated rings. The lowest BCUT2D eigenvalue weighted by atomic mass is 9.88. The molecule has 1 aromatic carbocycles. The van der Waals surface area contributed by atoms with Crippen LogP contribution in [0.5, 0.6) is 11.5 Å². The maximum atomic E-state index is 12.1. The normalized spacial score (nSPS) is 15.4. The molecule has 0 bridgehead atoms. The van der Waals surface area contributed by atoms with Crippen LogP contribution >= 0.6 is 15.9 Å². The number of ether oxygens (including phenoxy) is 2. The molecule has 1 amide bonds. The third kappa shape index (κ3) is 4.38. The summed E-state index contributed by atoms with van der Waals surface area (Å²) in [6.45, 7) is 0.642. The molecule has 122 valence electrons. The molecule has 1 N–H and O–H groups in total. The number of carbonyl (C=O) groups excluding carboxylic acids is 1. The molecule has 2 rings (SSSR count). The predicted octanol–water partition coefficient (Wildman–Crippen LogP) is 3.71. The van der Waals surface area contributed by atoms with Gasteiger partial charge in [0, 0.05) is 16.9 Å². The fourth-order valence-corrected chi connectivity index (χ4v) is 3.44. The van der Waals surface area contributed by atoms with Crippen molar-refractivity contribution in [2.45, 2.75) is 38.5 Å². The largest absolute Gasteiger partial charge is 0.493 e. The summed E-state index contributed by atoms with van der Waals surface area (Å²) in [6, 6.07) is 3.85. The highest BCUT2D eigenvalue weighted by molar-refractivity contribution is 9.10. The Morgan fingerprint density at radius 1 is 1.18 bits per heavy atom. The van der Waals surface area contributed by atoms with E-state index in [2.05, 4.69) is 21.2 Å². The summed E-state index contributed by atoms with van der Waals surface area (Å²) in [6.07, 6.45) is 6.46. The van der Waals surface area contributed by atoms with Gasteiger partial charge >= 0.3 is 0 Å². The predicted molar refractivity (Wildman–Crippen MR) is 90.5 cm³/mol. The molecule has 0 aliphatic heterocycles. The summed E-state index contributed by atoms with van der Waals surface area (Å²) in [5, 5.41) is 3.06. The first-order valence-corrected chi connectivity index (χ1v) is 8.63. The van der Waals surface area contributed by atoms with Gasteiger partial charge in [0.25, 0.3) is 0 Å². The summed E-state index contributed by atoms with van der Waals surface area (Å²) >= 11 is 3.55. The highest BCUT2D eigenvalue weighted by Gasteiger charge is 2.20. The Morgan fingerprint density at radius 2 is 1.82 bits per heavy atom. The van der Waals surface area contributed by atoms with Crippen LogP contribution < -0.4 is 14.8 Å². The van der Waals surface area contributed by atoms with Crippen LogP contribution in [0.1, 0.15) is 37.7 Å². The van der Waals surface area contributed by atoms with Gasteiger partial charge in [0.1, 0.15) is 0 Å². The van der Waals surface area contributed by atoms with E-state index in [9.17, 15) is 4.79 Å². The van der Waals surface area contributed by atoms with Crippen molar-refractivity contribution in [3.8, 4) is 11.5 Å². The summed E-state index contributed by atoms with van der Waals surface area (Å²) in [4.78, 5) is 12.1. The Labute approximate surface area is 140 Å². The van der Waals surface area contributed by atoms with E-state index in [0.717, 1.165) is 29.3 Å². The number of benzene rings is 1. The van der Waals surface area contributed by atoms with Crippen molar-refractivity contribution in [2.75, 3.05) is 20.8 Å². The highest BCUT2D eigenvalue weighted by atomic mass is 79.9. The van der Waals surface area contributed by atoms with Crippen LogP contribution in [0.4, 0.5) is 0 Å². The number of rotatable bonds is 6. The Bertz CT molecular complexity index is 513. The molecule has 0 aromatic heterocycles. The van der Waals surface area contributed by atoms with Gasteiger partial charge in [0.05, 0.1) is 14.2 Å². The maximum absolute atomic E-state index is 12.1. The zero-order chi connectivity index (χ0) is 15.9. The van der Waals surface area contributed by atoms with Crippen LogP contribution in [0.2, 0.25) is 0 Å². The second kappa shape index (κ2) is 8.42. The van der Waals surface area contributed by atoms with Crippen LogP contribution in [0.15, 0.2) is 16.6 Å². The Hall–Kier alpha value is -1.23. The van der Waals surface area contributed by atoms with E-state index in [4.69, 9.17) is 9.47 Å². The molecule has 5 heteroatoms. The van der Waals surface area contributed by atoms with Gasteiger partial charge in [0.15, 0.2) is 11.5 Å². The lowest BCUT2D eigenvalue weighted by molar-refractivity contribution is -0.125. The standard InChI is InChI=1S/C17H24BrNO3/c1-21-15-10-13(14(18)11-16(15)22-2)8-9-19-17(20)12-6-4-3-5-7-12/h10-12H,3-9H2,1-2H3,(H,19,20). The average molecular weight is 370 g/mol. The number of hydrogen-bond acceptors (Lipinski definition) is 3. The summed E-state index contributed by atoms with van der Waals surface area (Å²) in [5.74, 6) is 1.82. The number of amides is 1. The van der Waals surface area contributed by atoms with Crippen molar-refractivity contribution in [1.82, 2.24) is 5.32 Å². The van der Waals surface area contributed by atoms with Gasteiger partial charge in [-0.15, -0.1) is 0 Å². The van der Waals surface area contributed by atoms with Crippen LogP contribution in [0.3, 0.4) is 0 Å². The third-order valence-electron chi connectivity index (χ3n) is 4.22. The highest BCUT2D eigenvalue weighted by Crippen LogP contribution is 2.33. The Balaban J connectivity index is 1.89. The Morgan fingerprint density at radius 3 is 2.45 bits per heavy atom. The molecule has 0 heterocycles. The minimum atomic E-state index is 0.205. The van der Waals surface area contributed by atoms with Gasteiger partial charge in [-0.25, -0.2) is 0 Å². The molecule has 1 saturated carbocycles. The molecule has 1 aliphatic rings. The fraction of sp³-hybridized carbons (Fsp3) is 0.588. The van der Waals surface area contributed by atoms with E-state index in [1.54, 1.807) is 14.2 Å². The first kappa shape index (κ1) is 17.1. The monoisotopic (exact) mass is 369 g/mol. The molecule has 1 aromatic rings. The zero-order valence-electron chi connectivity index (χ0n) is 13.3. The number of carbonyl (C=O) groups is 1. The molecule has 0 spiro atoms. The molecule has 22 heavy (non-hydrogen) atoms. The maximum Gasteiger partial charge on any atom is 0.223 e. The van der Waals surface area contributed by atoms with E-state index >= 15 is 0 Å². The smallest absolute Gasteiger partial charge is 0.223 e. The molecule has 0 atom stereocenters. The molecule has 0 radical (unpaired) electrons. The fourth-order valence-electron chi connectivity index (χ4n) is 2.92. The van der Waals surface area contributed by atoms with Crippen LogP contribution in [-0.2, 0) is 11.2 Å². The average Bonchev–Trinajstić information content (AvgIpc) is 2.56. The van der Waals surface area contributed by atoms with E-state index in [0.29, 0.717) is 18.0 Å². The molecule has 0 saturated heterocycles. The SMILES string of the molecule is COc1cc(Br)c(CCNC(=O)C2CCCCC2)cc1OC. The van der Waals surface area contributed by atoms with Gasteiger partial charge in [0.2, 0.25) is 5.91 Å². The van der Waals surface area contributed by atoms with Crippen LogP contribution in [0, 0.1) is 5.92 Å². The number of hydrogen-bond donors (Lipinski definition) is 1. The quantitative estimate of drug-likeness (QED) is 0.831. The number of nitrogens with one attached hydrogen (secondary N) is 1. The van der Waals surface area contributed by atoms with Crippen LogP contribution in [0.25, 0.3) is 0 Å². The number of methoxy groups -OCH3 is 2. The first-order chi connectivity index (χ1) is 10.7. The van der Waals surface area contributed by atoms with E-state index in [1.165, 1.54) is 19.3 Å². The van der Waals surface area contributed by atoms with E-state index in [-0.39, 0.29) is 11.8 Å². The summed E-state index contributed by atoms with van der Waals surface area (Å²) in [5.41, 5.74) is 1.10. The van der Waals surface area contributed by atoms with Crippen molar-refractivity contribution >= 4 is 21.8 Å². The minimum absolute atomic E-state index is 0.205. The van der Waals surface area contributed by atoms with Crippen molar-refractivity contribution < 1.29 is 14.3 Å². The lowest BCUT2D eigenvalue weighted by Crippen LogP contribution is -2.33. The molecule has 1 aliphatic carbocycles. The number of halogens is 1. The second-order valence-corrected chi connectivity index (χ2v) is 6.53. The third-order valence-corrected chi connectivity index (χ3v) is 4.96. The lowest BCUT2D eigenvalue weighted by Gasteiger charge is -2.20. The minimum Gasteiger partial charge on any atom is -0.493 e. The van der Waals surface area contributed by atoms with Gasteiger partial charge in [-0.2, -0.15) is 0 Å².